The van der Waals surface area contributed by atoms with Crippen LogP contribution in [0.1, 0.15) is 80.6 Å². The van der Waals surface area contributed by atoms with Crippen molar-refractivity contribution in [2.75, 3.05) is 6.54 Å². The van der Waals surface area contributed by atoms with Gasteiger partial charge in [-0.2, -0.15) is 0 Å². The molecule has 0 amide bonds. The van der Waals surface area contributed by atoms with Gasteiger partial charge in [-0.25, -0.2) is 0 Å². The largest absolute Gasteiger partial charge is 0.387 e. The Morgan fingerprint density at radius 1 is 1.00 bits per heavy atom. The standard InChI is InChI=1S/C8H18N2.C5H12.C2H6/c1-4-6-10-8(9)7(3)5-2;1-3-5-4-2;1-2/h7H,4-6H2,1-3H3,(H2,9,10);3-5H2,1-2H3;1-2H3. The monoisotopic (exact) mass is 244 g/mol. The Kier molecular flexibility index (Phi) is 26.6. The second kappa shape index (κ2) is 20.8. The molecule has 0 aromatic carbocycles. The Morgan fingerprint density at radius 2 is 1.47 bits per heavy atom. The van der Waals surface area contributed by atoms with E-state index in [1.165, 1.54) is 19.3 Å². The molecule has 2 nitrogen and oxygen atoms in total. The fourth-order valence-corrected chi connectivity index (χ4v) is 0.959. The minimum absolute atomic E-state index is 0.451. The Morgan fingerprint density at radius 3 is 1.71 bits per heavy atom. The fourth-order valence-electron chi connectivity index (χ4n) is 0.959. The van der Waals surface area contributed by atoms with Gasteiger partial charge in [0.15, 0.2) is 0 Å². The molecule has 0 bridgehead atoms. The molecule has 0 radical (unpaired) electrons. The maximum atomic E-state index is 5.66. The zero-order valence-electron chi connectivity index (χ0n) is 13.3. The molecule has 0 spiro atoms. The molecule has 106 valence electrons. The number of hydrogen-bond acceptors (Lipinski definition) is 1. The topological polar surface area (TPSA) is 38.4 Å². The molecule has 0 saturated heterocycles. The zero-order valence-corrected chi connectivity index (χ0v) is 13.3. The van der Waals surface area contributed by atoms with Crippen LogP contribution in [-0.4, -0.2) is 12.4 Å². The van der Waals surface area contributed by atoms with Crippen LogP contribution in [-0.2, 0) is 0 Å². The Hall–Kier alpha value is -0.530. The molecule has 0 saturated carbocycles. The molecule has 1 atom stereocenters. The Balaban J connectivity index is -0.000000236. The van der Waals surface area contributed by atoms with Gasteiger partial charge in [0.2, 0.25) is 0 Å². The minimum Gasteiger partial charge on any atom is -0.387 e. The Bertz CT molecular complexity index is 140. The normalized spacial score (nSPS) is 11.8. The maximum absolute atomic E-state index is 5.66. The number of amidine groups is 1. The third-order valence-electron chi connectivity index (χ3n) is 2.34. The molecule has 0 rings (SSSR count). The number of hydrogen-bond donors (Lipinski definition) is 1. The van der Waals surface area contributed by atoms with E-state index in [0.29, 0.717) is 5.92 Å². The van der Waals surface area contributed by atoms with Gasteiger partial charge < -0.3 is 5.73 Å². The summed E-state index contributed by atoms with van der Waals surface area (Å²) < 4.78 is 0. The minimum atomic E-state index is 0.451. The van der Waals surface area contributed by atoms with Crippen molar-refractivity contribution in [3.8, 4) is 0 Å². The lowest BCUT2D eigenvalue weighted by molar-refractivity contribution is 0.724. The maximum Gasteiger partial charge on any atom is 0.0965 e. The lowest BCUT2D eigenvalue weighted by Gasteiger charge is -2.06. The molecular formula is C15H36N2. The van der Waals surface area contributed by atoms with Crippen LogP contribution in [0.4, 0.5) is 0 Å². The van der Waals surface area contributed by atoms with E-state index in [2.05, 4.69) is 39.6 Å². The highest BCUT2D eigenvalue weighted by Gasteiger charge is 2.01. The van der Waals surface area contributed by atoms with Crippen LogP contribution >= 0.6 is 0 Å². The molecule has 0 aliphatic rings. The number of nitrogens with zero attached hydrogens (tertiary/aromatic N) is 1. The summed E-state index contributed by atoms with van der Waals surface area (Å²) in [5, 5.41) is 0. The summed E-state index contributed by atoms with van der Waals surface area (Å²) in [6, 6.07) is 0. The van der Waals surface area contributed by atoms with Crippen molar-refractivity contribution in [1.82, 2.24) is 0 Å². The van der Waals surface area contributed by atoms with Crippen LogP contribution in [0.3, 0.4) is 0 Å². The van der Waals surface area contributed by atoms with Crippen molar-refractivity contribution < 1.29 is 0 Å². The van der Waals surface area contributed by atoms with Gasteiger partial charge in [-0.1, -0.05) is 67.7 Å². The average molecular weight is 244 g/mol. The van der Waals surface area contributed by atoms with Gasteiger partial charge in [-0.05, 0) is 12.8 Å². The second-order valence-electron chi connectivity index (χ2n) is 3.97. The molecule has 0 fully saturated rings. The summed E-state index contributed by atoms with van der Waals surface area (Å²) in [5.74, 6) is 1.26. The summed E-state index contributed by atoms with van der Waals surface area (Å²) in [7, 11) is 0. The molecule has 2 heteroatoms. The van der Waals surface area contributed by atoms with Crippen molar-refractivity contribution in [1.29, 1.82) is 0 Å². The SMILES string of the molecule is CC.CCCCC.CCCN=C(N)C(C)CC. The van der Waals surface area contributed by atoms with E-state index >= 15 is 0 Å². The first-order chi connectivity index (χ1) is 8.13. The fraction of sp³-hybridized carbons (Fsp3) is 0.933. The number of unbranched alkanes of at least 4 members (excludes halogenated alkanes) is 2. The van der Waals surface area contributed by atoms with Crippen LogP contribution < -0.4 is 5.73 Å². The van der Waals surface area contributed by atoms with Gasteiger partial charge in [0.05, 0.1) is 5.84 Å². The third kappa shape index (κ3) is 21.3. The smallest absolute Gasteiger partial charge is 0.0965 e. The zero-order chi connectivity index (χ0) is 14.1. The van der Waals surface area contributed by atoms with Crippen LogP contribution in [0.2, 0.25) is 0 Å². The first-order valence-electron chi connectivity index (χ1n) is 7.43. The van der Waals surface area contributed by atoms with Crippen LogP contribution in [0, 0.1) is 5.92 Å². The molecule has 0 aromatic heterocycles. The number of rotatable bonds is 6. The van der Waals surface area contributed by atoms with Crippen molar-refractivity contribution in [3.63, 3.8) is 0 Å². The van der Waals surface area contributed by atoms with Gasteiger partial charge in [-0.15, -0.1) is 0 Å². The van der Waals surface area contributed by atoms with Crippen molar-refractivity contribution in [3.05, 3.63) is 0 Å². The van der Waals surface area contributed by atoms with E-state index in [9.17, 15) is 0 Å². The first kappa shape index (κ1) is 21.7. The molecule has 1 unspecified atom stereocenters. The molecule has 0 aliphatic carbocycles. The molecule has 0 aliphatic heterocycles. The average Bonchev–Trinajstić information content (AvgIpc) is 2.39. The third-order valence-corrected chi connectivity index (χ3v) is 2.34. The van der Waals surface area contributed by atoms with Gasteiger partial charge in [0, 0.05) is 12.5 Å². The summed E-state index contributed by atoms with van der Waals surface area (Å²) in [6.07, 6.45) is 6.24. The summed E-state index contributed by atoms with van der Waals surface area (Å²) >= 11 is 0. The van der Waals surface area contributed by atoms with Crippen LogP contribution in [0.15, 0.2) is 4.99 Å². The van der Waals surface area contributed by atoms with E-state index < -0.39 is 0 Å². The molecular weight excluding hydrogens is 208 g/mol. The Labute approximate surface area is 110 Å². The predicted octanol–water partition coefficient (Wildman–Crippen LogP) is 5.02. The van der Waals surface area contributed by atoms with E-state index in [-0.39, 0.29) is 0 Å². The van der Waals surface area contributed by atoms with E-state index in [4.69, 9.17) is 5.73 Å². The van der Waals surface area contributed by atoms with Gasteiger partial charge >= 0.3 is 0 Å². The highest BCUT2D eigenvalue weighted by atomic mass is 14.9. The van der Waals surface area contributed by atoms with Crippen LogP contribution in [0.25, 0.3) is 0 Å². The first-order valence-corrected chi connectivity index (χ1v) is 7.43. The second-order valence-corrected chi connectivity index (χ2v) is 3.97. The van der Waals surface area contributed by atoms with Crippen molar-refractivity contribution in [2.24, 2.45) is 16.6 Å². The summed E-state index contributed by atoms with van der Waals surface area (Å²) in [4.78, 5) is 4.21. The molecule has 2 N–H and O–H groups in total. The van der Waals surface area contributed by atoms with Crippen molar-refractivity contribution >= 4 is 5.84 Å². The van der Waals surface area contributed by atoms with Crippen molar-refractivity contribution in [2.45, 2.75) is 80.6 Å². The highest BCUT2D eigenvalue weighted by Crippen LogP contribution is 1.99. The molecule has 0 aromatic rings. The van der Waals surface area contributed by atoms with Gasteiger partial charge in [-0.3, -0.25) is 4.99 Å². The summed E-state index contributed by atoms with van der Waals surface area (Å²) in [5.41, 5.74) is 5.66. The molecule has 0 heterocycles. The van der Waals surface area contributed by atoms with Gasteiger partial charge in [0.1, 0.15) is 0 Å². The predicted molar refractivity (Wildman–Crippen MR) is 82.8 cm³/mol. The molecule has 17 heavy (non-hydrogen) atoms. The lowest BCUT2D eigenvalue weighted by Crippen LogP contribution is -2.20. The number of aliphatic imine (C=N–C) groups is 1. The van der Waals surface area contributed by atoms with E-state index in [1.807, 2.05) is 13.8 Å². The van der Waals surface area contributed by atoms with Crippen LogP contribution in [0.5, 0.6) is 0 Å². The summed E-state index contributed by atoms with van der Waals surface area (Å²) in [6.45, 7) is 15.6. The lowest BCUT2D eigenvalue weighted by atomic mass is 10.1. The van der Waals surface area contributed by atoms with Gasteiger partial charge in [0.25, 0.3) is 0 Å². The van der Waals surface area contributed by atoms with E-state index in [0.717, 1.165) is 25.2 Å². The quantitative estimate of drug-likeness (QED) is 0.517. The van der Waals surface area contributed by atoms with E-state index in [1.54, 1.807) is 0 Å². The number of nitrogens with two attached hydrogens (primary N) is 1. The highest BCUT2D eigenvalue weighted by molar-refractivity contribution is 5.82.